The van der Waals surface area contributed by atoms with Gasteiger partial charge in [0.2, 0.25) is 0 Å². The minimum atomic E-state index is -0.656. The number of rotatable bonds is 3. The quantitative estimate of drug-likeness (QED) is 0.368. The third-order valence-electron chi connectivity index (χ3n) is 8.94. The van der Waals surface area contributed by atoms with Gasteiger partial charge in [0.05, 0.1) is 18.2 Å². The van der Waals surface area contributed by atoms with E-state index >= 15 is 0 Å². The number of likely N-dealkylation sites (N-methyl/N-ethyl adjacent to an activating group) is 1. The van der Waals surface area contributed by atoms with Crippen LogP contribution in [0.25, 0.3) is 0 Å². The highest BCUT2D eigenvalue weighted by molar-refractivity contribution is 5.87. The van der Waals surface area contributed by atoms with Crippen LogP contribution >= 0.6 is 0 Å². The third-order valence-corrected chi connectivity index (χ3v) is 8.94. The van der Waals surface area contributed by atoms with E-state index in [4.69, 9.17) is 14.2 Å². The van der Waals surface area contributed by atoms with Crippen molar-refractivity contribution in [3.8, 4) is 11.5 Å². The number of fused-ring (bicyclic) bond motifs is 1. The summed E-state index contributed by atoms with van der Waals surface area (Å²) in [6.07, 6.45) is 7.39. The summed E-state index contributed by atoms with van der Waals surface area (Å²) >= 11 is 0. The molecule has 7 rings (SSSR count). The molecule has 2 heterocycles. The summed E-state index contributed by atoms with van der Waals surface area (Å²) in [4.78, 5) is 2.52. The van der Waals surface area contributed by atoms with Crippen LogP contribution in [0.15, 0.2) is 29.4 Å². The molecule has 4 bridgehead atoms. The second kappa shape index (κ2) is 5.35. The van der Waals surface area contributed by atoms with Gasteiger partial charge in [-0.2, -0.15) is 0 Å². The van der Waals surface area contributed by atoms with Crippen LogP contribution in [-0.4, -0.2) is 61.4 Å². The fraction of sp³-hybridized carbons (Fsp3) is 0.609. The van der Waals surface area contributed by atoms with E-state index in [-0.39, 0.29) is 22.9 Å². The molecule has 2 spiro atoms. The van der Waals surface area contributed by atoms with Gasteiger partial charge in [-0.15, -0.1) is 0 Å². The van der Waals surface area contributed by atoms with Crippen molar-refractivity contribution in [1.82, 2.24) is 4.90 Å². The average molecular weight is 396 g/mol. The lowest BCUT2D eigenvalue weighted by Gasteiger charge is -2.71. The molecule has 6 heteroatoms. The van der Waals surface area contributed by atoms with E-state index < -0.39 is 5.60 Å². The molecule has 0 amide bonds. The van der Waals surface area contributed by atoms with Crippen LogP contribution in [0.3, 0.4) is 0 Å². The molecule has 6 atom stereocenters. The normalized spacial score (nSPS) is 43.9. The number of likely N-dealkylation sites (tertiary alicyclic amines) is 1. The molecule has 0 aromatic heterocycles. The number of oxime groups is 1. The average Bonchev–Trinajstić information content (AvgIpc) is 3.12. The van der Waals surface area contributed by atoms with E-state index in [0.29, 0.717) is 11.8 Å². The Balaban J connectivity index is 1.70. The van der Waals surface area contributed by atoms with Gasteiger partial charge in [0.25, 0.3) is 0 Å². The minimum Gasteiger partial charge on any atom is -0.493 e. The summed E-state index contributed by atoms with van der Waals surface area (Å²) in [5.74, 6) is 1.66. The van der Waals surface area contributed by atoms with Crippen molar-refractivity contribution >= 4 is 5.71 Å². The van der Waals surface area contributed by atoms with Gasteiger partial charge in [0.15, 0.2) is 11.5 Å². The molecular formula is C23H28N2O4. The molecule has 1 aromatic carbocycles. The van der Waals surface area contributed by atoms with Crippen LogP contribution in [0.4, 0.5) is 0 Å². The Kier molecular flexibility index (Phi) is 3.28. The molecule has 1 N–H and O–H groups in total. The molecule has 1 aromatic rings. The highest BCUT2D eigenvalue weighted by Gasteiger charge is 2.79. The van der Waals surface area contributed by atoms with Crippen LogP contribution in [0, 0.1) is 11.3 Å². The van der Waals surface area contributed by atoms with E-state index in [1.807, 2.05) is 13.0 Å². The summed E-state index contributed by atoms with van der Waals surface area (Å²) in [7, 11) is 5.72. The number of nitrogens with zero attached hydrogens (tertiary/aromatic N) is 2. The largest absolute Gasteiger partial charge is 0.493 e. The summed E-state index contributed by atoms with van der Waals surface area (Å²) in [5.41, 5.74) is 2.56. The molecule has 0 radical (unpaired) electrons. The summed E-state index contributed by atoms with van der Waals surface area (Å²) < 4.78 is 18.8. The monoisotopic (exact) mass is 396 g/mol. The molecule has 0 unspecified atom stereocenters. The van der Waals surface area contributed by atoms with Gasteiger partial charge in [0, 0.05) is 30.0 Å². The number of hydrogen-bond donors (Lipinski definition) is 1. The Hall–Kier alpha value is -2.05. The maximum atomic E-state index is 9.68. The topological polar surface area (TPSA) is 63.5 Å². The van der Waals surface area contributed by atoms with Crippen molar-refractivity contribution in [2.45, 2.75) is 49.3 Å². The highest BCUT2D eigenvalue weighted by atomic mass is 16.6. The third kappa shape index (κ3) is 1.65. The van der Waals surface area contributed by atoms with E-state index in [2.05, 4.69) is 35.3 Å². The Bertz CT molecular complexity index is 974. The smallest absolute Gasteiger partial charge is 0.166 e. The van der Waals surface area contributed by atoms with Crippen LogP contribution < -0.4 is 9.47 Å². The van der Waals surface area contributed by atoms with Gasteiger partial charge in [0.1, 0.15) is 11.7 Å². The number of benzene rings is 1. The van der Waals surface area contributed by atoms with Crippen molar-refractivity contribution in [3.63, 3.8) is 0 Å². The van der Waals surface area contributed by atoms with Gasteiger partial charge in [-0.3, -0.25) is 0 Å². The first-order chi connectivity index (χ1) is 14.0. The Morgan fingerprint density at radius 1 is 1.31 bits per heavy atom. The molecule has 6 aliphatic rings. The minimum absolute atomic E-state index is 0.0310. The summed E-state index contributed by atoms with van der Waals surface area (Å²) in [5, 5.41) is 13.3. The van der Waals surface area contributed by atoms with E-state index in [0.717, 1.165) is 37.3 Å². The highest BCUT2D eigenvalue weighted by Crippen LogP contribution is 2.74. The Morgan fingerprint density at radius 3 is 2.86 bits per heavy atom. The fourth-order valence-corrected chi connectivity index (χ4v) is 7.75. The zero-order chi connectivity index (χ0) is 20.2. The van der Waals surface area contributed by atoms with E-state index in [1.165, 1.54) is 11.1 Å². The Labute approximate surface area is 171 Å². The number of ether oxygens (including phenoxy) is 3. The second-order valence-corrected chi connectivity index (χ2v) is 9.48. The predicted molar refractivity (Wildman–Crippen MR) is 108 cm³/mol. The fourth-order valence-electron chi connectivity index (χ4n) is 7.75. The van der Waals surface area contributed by atoms with Crippen LogP contribution in [0.2, 0.25) is 0 Å². The van der Waals surface area contributed by atoms with Crippen molar-refractivity contribution in [2.75, 3.05) is 27.8 Å². The van der Waals surface area contributed by atoms with Gasteiger partial charge in [-0.05, 0) is 51.4 Å². The lowest BCUT2D eigenvalue weighted by Crippen LogP contribution is -2.79. The van der Waals surface area contributed by atoms with E-state index in [1.54, 1.807) is 14.2 Å². The molecule has 1 saturated carbocycles. The molecule has 1 saturated heterocycles. The number of hydrogen-bond acceptors (Lipinski definition) is 6. The lowest BCUT2D eigenvalue weighted by atomic mass is 9.37. The summed E-state index contributed by atoms with van der Waals surface area (Å²) in [6, 6.07) is 4.66. The Morgan fingerprint density at radius 2 is 2.14 bits per heavy atom. The van der Waals surface area contributed by atoms with Crippen molar-refractivity contribution in [1.29, 1.82) is 0 Å². The van der Waals surface area contributed by atoms with Crippen molar-refractivity contribution in [3.05, 3.63) is 35.4 Å². The first-order valence-electron chi connectivity index (χ1n) is 10.5. The van der Waals surface area contributed by atoms with Gasteiger partial charge >= 0.3 is 0 Å². The maximum Gasteiger partial charge on any atom is 0.166 e. The lowest BCUT2D eigenvalue weighted by molar-refractivity contribution is -0.201. The zero-order valence-electron chi connectivity index (χ0n) is 17.4. The molecule has 154 valence electrons. The molecule has 2 aliphatic heterocycles. The molecular weight excluding hydrogens is 368 g/mol. The van der Waals surface area contributed by atoms with E-state index in [9.17, 15) is 5.21 Å². The number of piperidine rings is 1. The predicted octanol–water partition coefficient (Wildman–Crippen LogP) is 2.77. The number of methoxy groups -OCH3 is 2. The maximum absolute atomic E-state index is 9.68. The standard InChI is InChI=1S/C23H28N2O4/c1-13(24-26)15-12-21-7-8-23(15,28-4)20-22(21)9-10-25(2)17(21)11-14-5-6-16(27-3)19(29-20)18(14)22/h5-8,15,17,20,26H,9-12H2,1-4H3/t15-,17+,20-,21+,22+,23+/m0/s1. The summed E-state index contributed by atoms with van der Waals surface area (Å²) in [6.45, 7) is 2.94. The van der Waals surface area contributed by atoms with Crippen LogP contribution in [-0.2, 0) is 16.6 Å². The molecule has 2 fully saturated rings. The van der Waals surface area contributed by atoms with Gasteiger partial charge in [-0.1, -0.05) is 23.4 Å². The second-order valence-electron chi connectivity index (χ2n) is 9.48. The van der Waals surface area contributed by atoms with Crippen LogP contribution in [0.1, 0.15) is 30.9 Å². The zero-order valence-corrected chi connectivity index (χ0v) is 17.4. The SMILES string of the molecule is COc1ccc2c3c1O[C@@H]1[C@@]4(OC)C=C[C@@]5(C[C@H]4C(C)=NO)[C@@H](C2)N(C)CC[C@@]315. The first kappa shape index (κ1) is 17.8. The molecule has 29 heavy (non-hydrogen) atoms. The molecule has 4 aliphatic carbocycles. The first-order valence-corrected chi connectivity index (χ1v) is 10.5. The van der Waals surface area contributed by atoms with Crippen molar-refractivity contribution in [2.24, 2.45) is 16.5 Å². The molecule has 6 nitrogen and oxygen atoms in total. The van der Waals surface area contributed by atoms with Gasteiger partial charge in [-0.25, -0.2) is 0 Å². The van der Waals surface area contributed by atoms with Crippen LogP contribution in [0.5, 0.6) is 11.5 Å². The van der Waals surface area contributed by atoms with Crippen molar-refractivity contribution < 1.29 is 19.4 Å². The van der Waals surface area contributed by atoms with Gasteiger partial charge < -0.3 is 24.3 Å².